The van der Waals surface area contributed by atoms with Gasteiger partial charge in [0, 0.05) is 69.0 Å². The van der Waals surface area contributed by atoms with Gasteiger partial charge in [-0.05, 0) is 64.5 Å². The van der Waals surface area contributed by atoms with E-state index in [1.165, 1.54) is 63.8 Å². The quantitative estimate of drug-likeness (QED) is 0.166. The summed E-state index contributed by atoms with van der Waals surface area (Å²) in [4.78, 5) is 8.94. The Bertz CT molecular complexity index is 2740. The summed E-state index contributed by atoms with van der Waals surface area (Å²) in [6, 6.07) is 49.5. The van der Waals surface area contributed by atoms with E-state index in [9.17, 15) is 0 Å². The summed E-state index contributed by atoms with van der Waals surface area (Å²) < 4.78 is 5.14. The van der Waals surface area contributed by atoms with Gasteiger partial charge in [0.2, 0.25) is 0 Å². The SMILES string of the molecule is CC(C)(C)Cc1ccnc(-c2[c-]cc3c(c2)c2cccc4c5cc6sc7ccccc7c6cc5n3c24)c1.[Ir].[c-]1ccccc1-c1ccccn1. The van der Waals surface area contributed by atoms with E-state index in [1.807, 2.05) is 60.0 Å². The third-order valence-electron chi connectivity index (χ3n) is 9.23. The molecule has 0 aliphatic rings. The molecule has 0 aliphatic carbocycles. The van der Waals surface area contributed by atoms with Crippen molar-refractivity contribution < 1.29 is 20.1 Å². The molecule has 5 heterocycles. The van der Waals surface area contributed by atoms with Gasteiger partial charge in [0.25, 0.3) is 0 Å². The standard InChI is InChI=1S/C34H25N2S.C11H8N.Ir/c1-34(2,3)19-20-13-14-35-28(15-20)21-11-12-29-25(16-21)23-8-6-9-24-26-18-32-27(17-30(26)36(29)33(23)24)22-7-4-5-10-31(22)37-32;1-2-6-10(7-3-1)11-8-4-5-9-12-11;/h4-10,12-18H,19H2,1-3H3;1-6,8-9H;/q2*-1;. The fraction of sp³-hybridized carbons (Fsp3) is 0.111. The number of hydrogen-bond acceptors (Lipinski definition) is 3. The molecule has 50 heavy (non-hydrogen) atoms. The molecule has 5 aromatic heterocycles. The molecule has 0 atom stereocenters. The number of pyridine rings is 2. The zero-order valence-corrected chi connectivity index (χ0v) is 31.2. The summed E-state index contributed by atoms with van der Waals surface area (Å²) in [5.41, 5.74) is 9.37. The van der Waals surface area contributed by atoms with Crippen molar-refractivity contribution in [1.29, 1.82) is 0 Å². The van der Waals surface area contributed by atoms with E-state index < -0.39 is 0 Å². The zero-order chi connectivity index (χ0) is 33.1. The van der Waals surface area contributed by atoms with Crippen molar-refractivity contribution in [2.24, 2.45) is 5.41 Å². The van der Waals surface area contributed by atoms with Crippen LogP contribution in [0.3, 0.4) is 0 Å². The summed E-state index contributed by atoms with van der Waals surface area (Å²) in [7, 11) is 0. The van der Waals surface area contributed by atoms with Gasteiger partial charge in [-0.3, -0.25) is 0 Å². The summed E-state index contributed by atoms with van der Waals surface area (Å²) in [6.07, 6.45) is 4.75. The minimum absolute atomic E-state index is 0. The van der Waals surface area contributed by atoms with Crippen molar-refractivity contribution in [3.63, 3.8) is 0 Å². The van der Waals surface area contributed by atoms with Crippen LogP contribution < -0.4 is 0 Å². The number of rotatable bonds is 3. The second-order valence-electron chi connectivity index (χ2n) is 13.9. The summed E-state index contributed by atoms with van der Waals surface area (Å²) in [6.45, 7) is 6.84. The predicted octanol–water partition coefficient (Wildman–Crippen LogP) is 12.2. The Morgan fingerprint density at radius 1 is 0.600 bits per heavy atom. The van der Waals surface area contributed by atoms with E-state index in [4.69, 9.17) is 4.98 Å². The number of nitrogens with zero attached hydrogens (tertiary/aromatic N) is 3. The number of benzene rings is 5. The van der Waals surface area contributed by atoms with Gasteiger partial charge >= 0.3 is 0 Å². The average Bonchev–Trinajstić information content (AvgIpc) is 3.77. The molecule has 0 saturated carbocycles. The molecule has 1 radical (unpaired) electrons. The molecule has 5 aromatic carbocycles. The molecule has 0 amide bonds. The van der Waals surface area contributed by atoms with Crippen molar-refractivity contribution >= 4 is 69.6 Å². The summed E-state index contributed by atoms with van der Waals surface area (Å²) in [5.74, 6) is 0. The Kier molecular flexibility index (Phi) is 8.23. The van der Waals surface area contributed by atoms with Crippen molar-refractivity contribution in [3.8, 4) is 22.5 Å². The van der Waals surface area contributed by atoms with Gasteiger partial charge in [-0.2, -0.15) is 0 Å². The van der Waals surface area contributed by atoms with Crippen molar-refractivity contribution in [2.45, 2.75) is 27.2 Å². The number of thiophene rings is 1. The van der Waals surface area contributed by atoms with Crippen LogP contribution in [0.25, 0.3) is 80.8 Å². The van der Waals surface area contributed by atoms with Crippen LogP contribution in [0, 0.1) is 17.5 Å². The van der Waals surface area contributed by atoms with Crippen LogP contribution in [0.1, 0.15) is 26.3 Å². The maximum absolute atomic E-state index is 4.72. The van der Waals surface area contributed by atoms with E-state index in [-0.39, 0.29) is 25.5 Å². The molecular weight excluding hydrogens is 807 g/mol. The molecule has 245 valence electrons. The molecule has 0 N–H and O–H groups in total. The molecule has 0 aliphatic heterocycles. The Hall–Kier alpha value is -4.93. The fourth-order valence-electron chi connectivity index (χ4n) is 7.20. The van der Waals surface area contributed by atoms with E-state index in [1.54, 1.807) is 6.20 Å². The molecular formula is C45H33IrN3S-2. The van der Waals surface area contributed by atoms with Gasteiger partial charge in [-0.25, -0.2) is 0 Å². The minimum atomic E-state index is 0. The summed E-state index contributed by atoms with van der Waals surface area (Å²) in [5, 5.41) is 7.86. The van der Waals surface area contributed by atoms with Gasteiger partial charge in [0.15, 0.2) is 0 Å². The van der Waals surface area contributed by atoms with Gasteiger partial charge in [0.1, 0.15) is 0 Å². The molecule has 3 nitrogen and oxygen atoms in total. The van der Waals surface area contributed by atoms with Crippen molar-refractivity contribution in [1.82, 2.24) is 14.4 Å². The molecule has 10 rings (SSSR count). The van der Waals surface area contributed by atoms with Crippen LogP contribution in [0.2, 0.25) is 0 Å². The predicted molar refractivity (Wildman–Crippen MR) is 208 cm³/mol. The molecule has 0 spiro atoms. The average molecular weight is 840 g/mol. The van der Waals surface area contributed by atoms with Crippen LogP contribution in [0.4, 0.5) is 0 Å². The third-order valence-corrected chi connectivity index (χ3v) is 10.4. The summed E-state index contributed by atoms with van der Waals surface area (Å²) >= 11 is 1.88. The first-order chi connectivity index (χ1) is 23.9. The number of fused-ring (bicyclic) bond motifs is 9. The first kappa shape index (κ1) is 32.3. The van der Waals surface area contributed by atoms with Crippen LogP contribution >= 0.6 is 11.3 Å². The molecule has 5 heteroatoms. The Labute approximate surface area is 308 Å². The van der Waals surface area contributed by atoms with E-state index in [0.29, 0.717) is 0 Å². The maximum Gasteiger partial charge on any atom is 0.0516 e. The monoisotopic (exact) mass is 840 g/mol. The first-order valence-corrected chi connectivity index (χ1v) is 17.5. The van der Waals surface area contributed by atoms with Crippen molar-refractivity contribution in [3.05, 3.63) is 151 Å². The Morgan fingerprint density at radius 2 is 1.36 bits per heavy atom. The number of hydrogen-bond donors (Lipinski definition) is 0. The van der Waals surface area contributed by atoms with Gasteiger partial charge in [-0.15, -0.1) is 71.0 Å². The third kappa shape index (κ3) is 5.66. The number of aromatic nitrogens is 3. The van der Waals surface area contributed by atoms with E-state index in [2.05, 4.69) is 121 Å². The van der Waals surface area contributed by atoms with Gasteiger partial charge in [-0.1, -0.05) is 86.3 Å². The maximum atomic E-state index is 4.72. The molecule has 0 fully saturated rings. The zero-order valence-electron chi connectivity index (χ0n) is 28.0. The smallest absolute Gasteiger partial charge is 0.0516 e. The second kappa shape index (κ2) is 12.8. The number of para-hydroxylation sites is 1. The van der Waals surface area contributed by atoms with Gasteiger partial charge in [0.05, 0.1) is 5.52 Å². The van der Waals surface area contributed by atoms with Crippen LogP contribution in [0.15, 0.2) is 134 Å². The largest absolute Gasteiger partial charge is 0.350 e. The normalized spacial score (nSPS) is 11.8. The van der Waals surface area contributed by atoms with Gasteiger partial charge < -0.3 is 14.4 Å². The molecule has 0 saturated heterocycles. The van der Waals surface area contributed by atoms with Crippen LogP contribution in [0.5, 0.6) is 0 Å². The Balaban J connectivity index is 0.000000236. The van der Waals surface area contributed by atoms with Crippen LogP contribution in [-0.2, 0) is 26.5 Å². The topological polar surface area (TPSA) is 30.2 Å². The van der Waals surface area contributed by atoms with E-state index >= 15 is 0 Å². The molecule has 0 bridgehead atoms. The van der Waals surface area contributed by atoms with Crippen LogP contribution in [-0.4, -0.2) is 14.4 Å². The van der Waals surface area contributed by atoms with Crippen molar-refractivity contribution in [2.75, 3.05) is 0 Å². The molecule has 10 aromatic rings. The molecule has 0 unspecified atom stereocenters. The minimum Gasteiger partial charge on any atom is -0.350 e. The first-order valence-electron chi connectivity index (χ1n) is 16.7. The van der Waals surface area contributed by atoms with E-state index in [0.717, 1.165) is 28.9 Å². The fourth-order valence-corrected chi connectivity index (χ4v) is 8.33. The Morgan fingerprint density at radius 3 is 2.14 bits per heavy atom. The second-order valence-corrected chi connectivity index (χ2v) is 15.0.